The van der Waals surface area contributed by atoms with E-state index in [1.54, 1.807) is 6.21 Å². The average Bonchev–Trinajstić information content (AvgIpc) is 2.15. The van der Waals surface area contributed by atoms with Crippen molar-refractivity contribution in [3.63, 3.8) is 0 Å². The summed E-state index contributed by atoms with van der Waals surface area (Å²) < 4.78 is 0. The predicted molar refractivity (Wildman–Crippen MR) is 64.8 cm³/mol. The molecule has 0 unspecified atom stereocenters. The fraction of sp³-hybridized carbons (Fsp3) is 0.833. The van der Waals surface area contributed by atoms with Crippen LogP contribution >= 0.6 is 0 Å². The second kappa shape index (κ2) is 9.69. The first-order valence-electron chi connectivity index (χ1n) is 5.97. The van der Waals surface area contributed by atoms with Gasteiger partial charge in [0.05, 0.1) is 0 Å². The smallest absolute Gasteiger partial charge is 0.240 e. The standard InChI is InChI=1S/C12H24N2O/c1-4-5-6-7-8-9-13-14-12(15)10-11(2)3/h9,11H,4-8,10H2,1-3H3,(H,14,15). The van der Waals surface area contributed by atoms with Crippen molar-refractivity contribution < 1.29 is 4.79 Å². The largest absolute Gasteiger partial charge is 0.273 e. The van der Waals surface area contributed by atoms with Crippen LogP contribution in [0, 0.1) is 5.92 Å². The van der Waals surface area contributed by atoms with Gasteiger partial charge in [-0.1, -0.05) is 40.0 Å². The molecule has 0 fully saturated rings. The van der Waals surface area contributed by atoms with Crippen LogP contribution in [0.3, 0.4) is 0 Å². The Morgan fingerprint density at radius 2 is 2.07 bits per heavy atom. The normalized spacial score (nSPS) is 11.2. The Hall–Kier alpha value is -0.860. The summed E-state index contributed by atoms with van der Waals surface area (Å²) >= 11 is 0. The van der Waals surface area contributed by atoms with Crippen molar-refractivity contribution in [3.8, 4) is 0 Å². The quantitative estimate of drug-likeness (QED) is 0.375. The molecule has 3 heteroatoms. The van der Waals surface area contributed by atoms with Crippen LogP contribution < -0.4 is 5.43 Å². The fourth-order valence-electron chi connectivity index (χ4n) is 1.26. The highest BCUT2D eigenvalue weighted by Crippen LogP contribution is 2.00. The Kier molecular flexibility index (Phi) is 9.13. The number of carbonyl (C=O) groups excluding carboxylic acids is 1. The van der Waals surface area contributed by atoms with Gasteiger partial charge in [0.2, 0.25) is 5.91 Å². The molecule has 0 aliphatic carbocycles. The highest BCUT2D eigenvalue weighted by molar-refractivity contribution is 5.76. The molecule has 88 valence electrons. The number of carbonyl (C=O) groups is 1. The van der Waals surface area contributed by atoms with E-state index in [0.29, 0.717) is 12.3 Å². The van der Waals surface area contributed by atoms with Crippen molar-refractivity contribution in [2.45, 2.75) is 59.3 Å². The van der Waals surface area contributed by atoms with Crippen LogP contribution in [-0.4, -0.2) is 12.1 Å². The van der Waals surface area contributed by atoms with Gasteiger partial charge in [0.1, 0.15) is 0 Å². The summed E-state index contributed by atoms with van der Waals surface area (Å²) in [6, 6.07) is 0. The summed E-state index contributed by atoms with van der Waals surface area (Å²) in [5, 5.41) is 3.90. The molecule has 0 atom stereocenters. The van der Waals surface area contributed by atoms with Gasteiger partial charge in [-0.3, -0.25) is 4.79 Å². The van der Waals surface area contributed by atoms with Crippen molar-refractivity contribution in [2.75, 3.05) is 0 Å². The number of hydrazone groups is 1. The number of unbranched alkanes of at least 4 members (excludes halogenated alkanes) is 4. The van der Waals surface area contributed by atoms with Crippen molar-refractivity contribution in [1.29, 1.82) is 0 Å². The molecule has 0 aromatic heterocycles. The van der Waals surface area contributed by atoms with E-state index in [1.807, 2.05) is 13.8 Å². The number of hydrogen-bond donors (Lipinski definition) is 1. The molecule has 3 nitrogen and oxygen atoms in total. The van der Waals surface area contributed by atoms with E-state index < -0.39 is 0 Å². The zero-order valence-electron chi connectivity index (χ0n) is 10.3. The van der Waals surface area contributed by atoms with Crippen LogP contribution in [0.25, 0.3) is 0 Å². The molecule has 0 aromatic rings. The topological polar surface area (TPSA) is 41.5 Å². The maximum Gasteiger partial charge on any atom is 0.240 e. The number of nitrogens with zero attached hydrogens (tertiary/aromatic N) is 1. The fourth-order valence-corrected chi connectivity index (χ4v) is 1.26. The van der Waals surface area contributed by atoms with Gasteiger partial charge in [-0.25, -0.2) is 5.43 Å². The molecule has 1 amide bonds. The Bertz CT molecular complexity index is 188. The third-order valence-corrected chi connectivity index (χ3v) is 2.06. The number of rotatable bonds is 8. The number of amides is 1. The van der Waals surface area contributed by atoms with E-state index in [4.69, 9.17) is 0 Å². The summed E-state index contributed by atoms with van der Waals surface area (Å²) in [5.74, 6) is 0.402. The van der Waals surface area contributed by atoms with Gasteiger partial charge < -0.3 is 0 Å². The van der Waals surface area contributed by atoms with E-state index >= 15 is 0 Å². The lowest BCUT2D eigenvalue weighted by atomic mass is 10.1. The maximum atomic E-state index is 11.2. The molecule has 15 heavy (non-hydrogen) atoms. The second-order valence-electron chi connectivity index (χ2n) is 4.29. The average molecular weight is 212 g/mol. The lowest BCUT2D eigenvalue weighted by molar-refractivity contribution is -0.121. The van der Waals surface area contributed by atoms with Gasteiger partial charge in [-0.05, 0) is 18.8 Å². The zero-order valence-corrected chi connectivity index (χ0v) is 10.3. The third kappa shape index (κ3) is 11.1. The summed E-state index contributed by atoms with van der Waals surface area (Å²) in [5.41, 5.74) is 2.54. The van der Waals surface area contributed by atoms with Gasteiger partial charge >= 0.3 is 0 Å². The van der Waals surface area contributed by atoms with Gasteiger partial charge in [-0.2, -0.15) is 5.10 Å². The Morgan fingerprint density at radius 3 is 2.67 bits per heavy atom. The molecule has 0 heterocycles. The van der Waals surface area contributed by atoms with Crippen molar-refractivity contribution in [3.05, 3.63) is 0 Å². The lowest BCUT2D eigenvalue weighted by Gasteiger charge is -2.01. The first kappa shape index (κ1) is 14.1. The number of nitrogens with one attached hydrogen (secondary N) is 1. The molecule has 0 bridgehead atoms. The molecule has 1 N–H and O–H groups in total. The second-order valence-corrected chi connectivity index (χ2v) is 4.29. The first-order valence-corrected chi connectivity index (χ1v) is 5.97. The van der Waals surface area contributed by atoms with Crippen LogP contribution in [0.2, 0.25) is 0 Å². The molecule has 0 aliphatic rings. The third-order valence-electron chi connectivity index (χ3n) is 2.06. The highest BCUT2D eigenvalue weighted by atomic mass is 16.2. The Morgan fingerprint density at radius 1 is 1.33 bits per heavy atom. The molecular formula is C12H24N2O. The van der Waals surface area contributed by atoms with Crippen LogP contribution in [0.4, 0.5) is 0 Å². The SMILES string of the molecule is CCCCCCC=NNC(=O)CC(C)C. The van der Waals surface area contributed by atoms with Crippen LogP contribution in [-0.2, 0) is 4.79 Å². The summed E-state index contributed by atoms with van der Waals surface area (Å²) in [7, 11) is 0. The van der Waals surface area contributed by atoms with Gasteiger partial charge in [-0.15, -0.1) is 0 Å². The van der Waals surface area contributed by atoms with E-state index in [0.717, 1.165) is 12.8 Å². The van der Waals surface area contributed by atoms with E-state index in [-0.39, 0.29) is 5.91 Å². The minimum Gasteiger partial charge on any atom is -0.273 e. The molecule has 0 spiro atoms. The van der Waals surface area contributed by atoms with Crippen molar-refractivity contribution in [2.24, 2.45) is 11.0 Å². The molecule has 0 radical (unpaired) electrons. The molecule has 0 aliphatic heterocycles. The van der Waals surface area contributed by atoms with Gasteiger partial charge in [0.15, 0.2) is 0 Å². The monoisotopic (exact) mass is 212 g/mol. The molecule has 0 rings (SSSR count). The van der Waals surface area contributed by atoms with Gasteiger partial charge in [0.25, 0.3) is 0 Å². The van der Waals surface area contributed by atoms with Crippen molar-refractivity contribution in [1.82, 2.24) is 5.43 Å². The predicted octanol–water partition coefficient (Wildman–Crippen LogP) is 3.10. The highest BCUT2D eigenvalue weighted by Gasteiger charge is 2.01. The molecular weight excluding hydrogens is 188 g/mol. The maximum absolute atomic E-state index is 11.2. The van der Waals surface area contributed by atoms with Crippen LogP contribution in [0.5, 0.6) is 0 Å². The minimum atomic E-state index is 0.00908. The lowest BCUT2D eigenvalue weighted by Crippen LogP contribution is -2.18. The zero-order chi connectivity index (χ0) is 11.5. The summed E-state index contributed by atoms with van der Waals surface area (Å²) in [6.45, 7) is 6.24. The molecule has 0 saturated heterocycles. The van der Waals surface area contributed by atoms with Gasteiger partial charge in [0, 0.05) is 12.6 Å². The van der Waals surface area contributed by atoms with E-state index in [9.17, 15) is 4.79 Å². The Balaban J connectivity index is 3.33. The molecule has 0 saturated carbocycles. The minimum absolute atomic E-state index is 0.00908. The van der Waals surface area contributed by atoms with E-state index in [1.165, 1.54) is 19.3 Å². The van der Waals surface area contributed by atoms with Crippen LogP contribution in [0.15, 0.2) is 5.10 Å². The van der Waals surface area contributed by atoms with Crippen molar-refractivity contribution >= 4 is 12.1 Å². The van der Waals surface area contributed by atoms with E-state index in [2.05, 4.69) is 17.5 Å². The summed E-state index contributed by atoms with van der Waals surface area (Å²) in [4.78, 5) is 11.2. The first-order chi connectivity index (χ1) is 7.16. The molecule has 0 aromatic carbocycles. The summed E-state index contributed by atoms with van der Waals surface area (Å²) in [6.07, 6.45) is 8.26. The van der Waals surface area contributed by atoms with Crippen LogP contribution in [0.1, 0.15) is 59.3 Å². The Labute approximate surface area is 93.3 Å². The number of hydrogen-bond acceptors (Lipinski definition) is 2.